The van der Waals surface area contributed by atoms with Gasteiger partial charge in [-0.05, 0) is 51.0 Å². The summed E-state index contributed by atoms with van der Waals surface area (Å²) in [6.45, 7) is 9.14. The van der Waals surface area contributed by atoms with Gasteiger partial charge < -0.3 is 0 Å². The number of benzene rings is 3. The van der Waals surface area contributed by atoms with Gasteiger partial charge in [0.05, 0.1) is 17.3 Å². The van der Waals surface area contributed by atoms with E-state index in [-0.39, 0.29) is 0 Å². The number of nitrogens with zero attached hydrogens (tertiary/aromatic N) is 2. The maximum absolute atomic E-state index is 6.96. The molecule has 0 aliphatic heterocycles. The molecule has 0 atom stereocenters. The molecule has 0 aliphatic carbocycles. The number of hydrogen-bond donors (Lipinski definition) is 0. The van der Waals surface area contributed by atoms with Crippen LogP contribution in [0.2, 0.25) is 5.02 Å². The topological polar surface area (TPSA) is 17.8 Å². The fourth-order valence-electron chi connectivity index (χ4n) is 3.73. The van der Waals surface area contributed by atoms with Crippen molar-refractivity contribution in [1.29, 1.82) is 0 Å². The van der Waals surface area contributed by atoms with Gasteiger partial charge in [0.25, 0.3) is 0 Å². The molecule has 1 heterocycles. The molecule has 4 aromatic rings. The first-order valence-electron chi connectivity index (χ1n) is 9.89. The molecule has 0 aliphatic rings. The highest BCUT2D eigenvalue weighted by atomic mass is 35.5. The van der Waals surface area contributed by atoms with Crippen molar-refractivity contribution in [3.8, 4) is 22.5 Å². The summed E-state index contributed by atoms with van der Waals surface area (Å²) < 4.78 is 2.05. The molecule has 3 aromatic carbocycles. The molecule has 0 spiro atoms. The minimum Gasteiger partial charge on any atom is -0.258 e. The van der Waals surface area contributed by atoms with Gasteiger partial charge >= 0.3 is 0 Å². The molecule has 4 rings (SSSR count). The van der Waals surface area contributed by atoms with Crippen molar-refractivity contribution in [2.75, 3.05) is 0 Å². The Morgan fingerprint density at radius 1 is 0.759 bits per heavy atom. The molecular formula is C26H25ClN2. The lowest BCUT2D eigenvalue weighted by molar-refractivity contribution is 0.693. The molecule has 0 saturated heterocycles. The summed E-state index contributed by atoms with van der Waals surface area (Å²) in [5.41, 5.74) is 10.1. The van der Waals surface area contributed by atoms with Crippen LogP contribution < -0.4 is 0 Å². The summed E-state index contributed by atoms with van der Waals surface area (Å²) in [4.78, 5) is 0. The fraction of sp³-hybridized carbons (Fsp3) is 0.192. The highest BCUT2D eigenvalue weighted by molar-refractivity contribution is 6.35. The first-order valence-corrected chi connectivity index (χ1v) is 10.3. The van der Waals surface area contributed by atoms with Gasteiger partial charge in [0.1, 0.15) is 5.69 Å². The largest absolute Gasteiger partial charge is 0.258 e. The molecule has 0 unspecified atom stereocenters. The van der Waals surface area contributed by atoms with E-state index in [1.54, 1.807) is 0 Å². The SMILES string of the molecule is Cc1cccc(-c2nn(Cc3cc(C)ccc3C)c(-c3cccc(C)c3)c2Cl)c1. The van der Waals surface area contributed by atoms with Crippen molar-refractivity contribution >= 4 is 11.6 Å². The van der Waals surface area contributed by atoms with Gasteiger partial charge in [-0.3, -0.25) is 4.68 Å². The van der Waals surface area contributed by atoms with Crippen molar-refractivity contribution in [2.24, 2.45) is 0 Å². The minimum atomic E-state index is 0.683. The van der Waals surface area contributed by atoms with Crippen LogP contribution in [0.1, 0.15) is 27.8 Å². The van der Waals surface area contributed by atoms with Crippen LogP contribution in [0.3, 0.4) is 0 Å². The van der Waals surface area contributed by atoms with Gasteiger partial charge in [-0.2, -0.15) is 5.10 Å². The molecule has 146 valence electrons. The third kappa shape index (κ3) is 3.99. The zero-order valence-electron chi connectivity index (χ0n) is 17.3. The Balaban J connectivity index is 1.91. The minimum absolute atomic E-state index is 0.683. The Kier molecular flexibility index (Phi) is 5.29. The fourth-order valence-corrected chi connectivity index (χ4v) is 4.08. The Hall–Kier alpha value is -2.84. The van der Waals surface area contributed by atoms with Crippen molar-refractivity contribution in [2.45, 2.75) is 34.2 Å². The Bertz CT molecular complexity index is 1190. The maximum Gasteiger partial charge on any atom is 0.112 e. The third-order valence-electron chi connectivity index (χ3n) is 5.30. The summed E-state index contributed by atoms with van der Waals surface area (Å²) in [6.07, 6.45) is 0. The number of hydrogen-bond acceptors (Lipinski definition) is 1. The van der Waals surface area contributed by atoms with E-state index in [2.05, 4.69) is 99.1 Å². The van der Waals surface area contributed by atoms with Crippen molar-refractivity contribution in [1.82, 2.24) is 9.78 Å². The molecule has 1 aromatic heterocycles. The van der Waals surface area contributed by atoms with Crippen molar-refractivity contribution in [3.63, 3.8) is 0 Å². The van der Waals surface area contributed by atoms with Crippen LogP contribution in [0.5, 0.6) is 0 Å². The number of rotatable bonds is 4. The highest BCUT2D eigenvalue weighted by Crippen LogP contribution is 2.37. The Morgan fingerprint density at radius 2 is 1.38 bits per heavy atom. The van der Waals surface area contributed by atoms with E-state index in [1.807, 2.05) is 0 Å². The van der Waals surface area contributed by atoms with Crippen LogP contribution >= 0.6 is 11.6 Å². The lowest BCUT2D eigenvalue weighted by atomic mass is 10.0. The van der Waals surface area contributed by atoms with Gasteiger partial charge in [-0.1, -0.05) is 82.9 Å². The van der Waals surface area contributed by atoms with Crippen LogP contribution in [-0.2, 0) is 6.54 Å². The van der Waals surface area contributed by atoms with E-state index in [0.717, 1.165) is 22.5 Å². The average Bonchev–Trinajstić information content (AvgIpc) is 3.01. The molecule has 2 nitrogen and oxygen atoms in total. The molecule has 0 bridgehead atoms. The Morgan fingerprint density at radius 3 is 2.07 bits per heavy atom. The second kappa shape index (κ2) is 7.88. The second-order valence-corrected chi connectivity index (χ2v) is 8.22. The lowest BCUT2D eigenvalue weighted by Gasteiger charge is -2.11. The van der Waals surface area contributed by atoms with Crippen LogP contribution in [0.25, 0.3) is 22.5 Å². The Labute approximate surface area is 177 Å². The van der Waals surface area contributed by atoms with E-state index >= 15 is 0 Å². The van der Waals surface area contributed by atoms with Gasteiger partial charge in [0.2, 0.25) is 0 Å². The lowest BCUT2D eigenvalue weighted by Crippen LogP contribution is -2.06. The summed E-state index contributed by atoms with van der Waals surface area (Å²) in [7, 11) is 0. The summed E-state index contributed by atoms with van der Waals surface area (Å²) in [6, 6.07) is 23.4. The van der Waals surface area contributed by atoms with E-state index < -0.39 is 0 Å². The normalized spacial score (nSPS) is 11.1. The van der Waals surface area contributed by atoms with Gasteiger partial charge in [-0.15, -0.1) is 0 Å². The standard InChI is InChI=1S/C26H25ClN2/c1-17-7-5-9-21(13-17)25-24(27)26(22-10-6-8-18(2)14-22)29(28-25)16-23-15-19(3)11-12-20(23)4/h5-15H,16H2,1-4H3. The third-order valence-corrected chi connectivity index (χ3v) is 5.66. The predicted octanol–water partition coefficient (Wildman–Crippen LogP) is 7.15. The zero-order chi connectivity index (χ0) is 20.5. The molecular weight excluding hydrogens is 376 g/mol. The second-order valence-electron chi connectivity index (χ2n) is 7.84. The van der Waals surface area contributed by atoms with Crippen LogP contribution in [0.15, 0.2) is 66.7 Å². The molecule has 0 N–H and O–H groups in total. The molecule has 29 heavy (non-hydrogen) atoms. The van der Waals surface area contributed by atoms with E-state index in [4.69, 9.17) is 16.7 Å². The quantitative estimate of drug-likeness (QED) is 0.355. The smallest absolute Gasteiger partial charge is 0.112 e. The maximum atomic E-state index is 6.96. The van der Waals surface area contributed by atoms with Gasteiger partial charge in [0, 0.05) is 11.1 Å². The summed E-state index contributed by atoms with van der Waals surface area (Å²) >= 11 is 6.96. The molecule has 0 fully saturated rings. The average molecular weight is 401 g/mol. The van der Waals surface area contributed by atoms with E-state index in [9.17, 15) is 0 Å². The molecule has 0 amide bonds. The van der Waals surface area contributed by atoms with Crippen LogP contribution in [0.4, 0.5) is 0 Å². The molecule has 3 heteroatoms. The van der Waals surface area contributed by atoms with Crippen LogP contribution in [0, 0.1) is 27.7 Å². The van der Waals surface area contributed by atoms with Gasteiger partial charge in [-0.25, -0.2) is 0 Å². The monoisotopic (exact) mass is 400 g/mol. The van der Waals surface area contributed by atoms with E-state index in [0.29, 0.717) is 11.6 Å². The van der Waals surface area contributed by atoms with Gasteiger partial charge in [0.15, 0.2) is 0 Å². The van der Waals surface area contributed by atoms with Crippen LogP contribution in [-0.4, -0.2) is 9.78 Å². The number of halogens is 1. The van der Waals surface area contributed by atoms with Crippen molar-refractivity contribution in [3.05, 3.63) is 99.6 Å². The number of aryl methyl sites for hydroxylation is 4. The first-order chi connectivity index (χ1) is 13.9. The first kappa shape index (κ1) is 19.5. The highest BCUT2D eigenvalue weighted by Gasteiger charge is 2.20. The molecule has 0 radical (unpaired) electrons. The zero-order valence-corrected chi connectivity index (χ0v) is 18.1. The number of aromatic nitrogens is 2. The van der Waals surface area contributed by atoms with E-state index in [1.165, 1.54) is 27.8 Å². The molecule has 0 saturated carbocycles. The predicted molar refractivity (Wildman–Crippen MR) is 123 cm³/mol. The summed E-state index contributed by atoms with van der Waals surface area (Å²) in [5.74, 6) is 0. The van der Waals surface area contributed by atoms with Crippen molar-refractivity contribution < 1.29 is 0 Å². The summed E-state index contributed by atoms with van der Waals surface area (Å²) in [5, 5.41) is 5.68.